The molecule has 3 atom stereocenters. The lowest BCUT2D eigenvalue weighted by Crippen LogP contribution is -2.47. The summed E-state index contributed by atoms with van der Waals surface area (Å²) in [7, 11) is 0. The maximum Gasteiger partial charge on any atom is 0.251 e. The van der Waals surface area contributed by atoms with Gasteiger partial charge in [-0.25, -0.2) is 4.98 Å². The second-order valence-corrected chi connectivity index (χ2v) is 5.95. The van der Waals surface area contributed by atoms with Gasteiger partial charge in [0.2, 0.25) is 0 Å². The van der Waals surface area contributed by atoms with Gasteiger partial charge in [0, 0.05) is 24.7 Å². The van der Waals surface area contributed by atoms with E-state index < -0.39 is 0 Å². The van der Waals surface area contributed by atoms with Crippen molar-refractivity contribution >= 4 is 16.9 Å². The molecule has 0 spiro atoms. The quantitative estimate of drug-likeness (QED) is 0.867. The number of imidazole rings is 1. The molecule has 5 heteroatoms. The Morgan fingerprint density at radius 3 is 3.25 bits per heavy atom. The van der Waals surface area contributed by atoms with Gasteiger partial charge in [0.05, 0.1) is 17.4 Å². The number of aromatic amines is 1. The van der Waals surface area contributed by atoms with Crippen LogP contribution in [0.2, 0.25) is 0 Å². The van der Waals surface area contributed by atoms with Crippen LogP contribution in [0.3, 0.4) is 0 Å². The van der Waals surface area contributed by atoms with Crippen molar-refractivity contribution in [3.05, 3.63) is 30.1 Å². The number of hydrogen-bond acceptors (Lipinski definition) is 3. The van der Waals surface area contributed by atoms with E-state index in [4.69, 9.17) is 0 Å². The summed E-state index contributed by atoms with van der Waals surface area (Å²) in [5, 5.41) is 3.17. The summed E-state index contributed by atoms with van der Waals surface area (Å²) in [6, 6.07) is 5.90. The van der Waals surface area contributed by atoms with Crippen molar-refractivity contribution in [2.75, 3.05) is 19.6 Å². The summed E-state index contributed by atoms with van der Waals surface area (Å²) >= 11 is 0. The molecule has 1 unspecified atom stereocenters. The van der Waals surface area contributed by atoms with Crippen molar-refractivity contribution in [2.45, 2.75) is 18.9 Å². The minimum atomic E-state index is 0.0161. The molecule has 2 fully saturated rings. The van der Waals surface area contributed by atoms with Crippen molar-refractivity contribution < 1.29 is 4.79 Å². The zero-order valence-electron chi connectivity index (χ0n) is 11.3. The average Bonchev–Trinajstić information content (AvgIpc) is 3.04. The Morgan fingerprint density at radius 2 is 2.35 bits per heavy atom. The molecule has 20 heavy (non-hydrogen) atoms. The van der Waals surface area contributed by atoms with Gasteiger partial charge >= 0.3 is 0 Å². The molecule has 0 radical (unpaired) electrons. The van der Waals surface area contributed by atoms with E-state index in [2.05, 4.69) is 20.2 Å². The Balaban J connectivity index is 1.49. The summed E-state index contributed by atoms with van der Waals surface area (Å²) in [5.74, 6) is 0.783. The number of hydrogen-bond donors (Lipinski definition) is 2. The van der Waals surface area contributed by atoms with Crippen LogP contribution in [-0.4, -0.2) is 46.5 Å². The largest absolute Gasteiger partial charge is 0.348 e. The van der Waals surface area contributed by atoms with E-state index in [1.165, 1.54) is 19.5 Å². The topological polar surface area (TPSA) is 61.0 Å². The zero-order valence-corrected chi connectivity index (χ0v) is 11.3. The SMILES string of the molecule is O=C(N[C@@H]1C[C@H]2CCN(C2)C1)c1ccc2[nH]cnc2c1. The van der Waals surface area contributed by atoms with E-state index in [0.29, 0.717) is 11.6 Å². The lowest BCUT2D eigenvalue weighted by molar-refractivity contribution is 0.0909. The number of carbonyl (C=O) groups excluding carboxylic acids is 1. The molecule has 2 saturated heterocycles. The first kappa shape index (κ1) is 11.9. The van der Waals surface area contributed by atoms with Crippen LogP contribution < -0.4 is 5.32 Å². The highest BCUT2D eigenvalue weighted by molar-refractivity contribution is 5.97. The Bertz CT molecular complexity index is 638. The van der Waals surface area contributed by atoms with E-state index in [0.717, 1.165) is 29.9 Å². The minimum Gasteiger partial charge on any atom is -0.348 e. The normalized spacial score (nSPS) is 28.7. The first-order chi connectivity index (χ1) is 9.78. The third kappa shape index (κ3) is 2.08. The predicted octanol–water partition coefficient (Wildman–Crippen LogP) is 1.39. The number of piperidine rings is 1. The number of benzene rings is 1. The van der Waals surface area contributed by atoms with E-state index in [-0.39, 0.29) is 5.91 Å². The van der Waals surface area contributed by atoms with Crippen LogP contribution in [0.15, 0.2) is 24.5 Å². The number of fused-ring (bicyclic) bond motifs is 3. The Hall–Kier alpha value is -1.88. The van der Waals surface area contributed by atoms with E-state index in [1.807, 2.05) is 18.2 Å². The standard InChI is InChI=1S/C15H18N4O/c20-15(11-1-2-13-14(6-11)17-9-16-13)18-12-5-10-3-4-19(7-10)8-12/h1-2,6,9-10,12H,3-5,7-8H2,(H,16,17)(H,18,20)/t10-,12-/m1/s1. The highest BCUT2D eigenvalue weighted by atomic mass is 16.1. The van der Waals surface area contributed by atoms with Crippen molar-refractivity contribution in [1.29, 1.82) is 0 Å². The fourth-order valence-electron chi connectivity index (χ4n) is 3.51. The maximum atomic E-state index is 12.3. The number of aromatic nitrogens is 2. The second-order valence-electron chi connectivity index (χ2n) is 5.95. The number of amides is 1. The number of nitrogens with one attached hydrogen (secondary N) is 2. The predicted molar refractivity (Wildman–Crippen MR) is 76.5 cm³/mol. The first-order valence-corrected chi connectivity index (χ1v) is 7.24. The van der Waals surface area contributed by atoms with Crippen LogP contribution >= 0.6 is 0 Å². The van der Waals surface area contributed by atoms with Gasteiger partial charge in [-0.15, -0.1) is 0 Å². The van der Waals surface area contributed by atoms with Crippen molar-refractivity contribution in [3.8, 4) is 0 Å². The summed E-state index contributed by atoms with van der Waals surface area (Å²) in [6.07, 6.45) is 4.05. The molecule has 3 heterocycles. The number of H-pyrrole nitrogens is 1. The molecule has 0 aliphatic carbocycles. The Morgan fingerprint density at radius 1 is 1.40 bits per heavy atom. The minimum absolute atomic E-state index is 0.0161. The molecule has 5 nitrogen and oxygen atoms in total. The highest BCUT2D eigenvalue weighted by Gasteiger charge is 2.32. The molecule has 2 N–H and O–H groups in total. The summed E-state index contributed by atoms with van der Waals surface area (Å²) < 4.78 is 0. The highest BCUT2D eigenvalue weighted by Crippen LogP contribution is 2.26. The van der Waals surface area contributed by atoms with Gasteiger partial charge < -0.3 is 15.2 Å². The molecule has 0 saturated carbocycles. The van der Waals surface area contributed by atoms with E-state index in [9.17, 15) is 4.79 Å². The van der Waals surface area contributed by atoms with Gasteiger partial charge in [0.25, 0.3) is 5.91 Å². The van der Waals surface area contributed by atoms with Crippen LogP contribution in [0.25, 0.3) is 11.0 Å². The van der Waals surface area contributed by atoms with E-state index in [1.54, 1.807) is 6.33 Å². The third-order valence-corrected chi connectivity index (χ3v) is 4.49. The van der Waals surface area contributed by atoms with Gasteiger partial charge in [0.15, 0.2) is 0 Å². The summed E-state index contributed by atoms with van der Waals surface area (Å²) in [6.45, 7) is 3.40. The summed E-state index contributed by atoms with van der Waals surface area (Å²) in [5.41, 5.74) is 2.49. The number of rotatable bonds is 2. The third-order valence-electron chi connectivity index (χ3n) is 4.49. The fraction of sp³-hybridized carbons (Fsp3) is 0.467. The van der Waals surface area contributed by atoms with Crippen LogP contribution in [0, 0.1) is 5.92 Å². The molecule has 2 aliphatic heterocycles. The molecule has 2 bridgehead atoms. The molecule has 4 rings (SSSR count). The lowest BCUT2D eigenvalue weighted by Gasteiger charge is -2.30. The first-order valence-electron chi connectivity index (χ1n) is 7.24. The monoisotopic (exact) mass is 270 g/mol. The number of carbonyl (C=O) groups is 1. The molecular weight excluding hydrogens is 252 g/mol. The van der Waals surface area contributed by atoms with Crippen molar-refractivity contribution in [1.82, 2.24) is 20.2 Å². The van der Waals surface area contributed by atoms with Gasteiger partial charge in [0.1, 0.15) is 0 Å². The van der Waals surface area contributed by atoms with Crippen molar-refractivity contribution in [3.63, 3.8) is 0 Å². The molecule has 2 aliphatic rings. The maximum absolute atomic E-state index is 12.3. The van der Waals surface area contributed by atoms with Gasteiger partial charge in [-0.2, -0.15) is 0 Å². The smallest absolute Gasteiger partial charge is 0.251 e. The van der Waals surface area contributed by atoms with Crippen molar-refractivity contribution in [2.24, 2.45) is 5.92 Å². The fourth-order valence-corrected chi connectivity index (χ4v) is 3.51. The summed E-state index contributed by atoms with van der Waals surface area (Å²) in [4.78, 5) is 22.0. The molecular formula is C15H18N4O. The molecule has 2 aromatic rings. The zero-order chi connectivity index (χ0) is 13.5. The molecule has 1 aromatic carbocycles. The molecule has 1 aromatic heterocycles. The molecule has 104 valence electrons. The Labute approximate surface area is 117 Å². The van der Waals surface area contributed by atoms with E-state index >= 15 is 0 Å². The average molecular weight is 270 g/mol. The van der Waals surface area contributed by atoms with Crippen LogP contribution in [0.1, 0.15) is 23.2 Å². The van der Waals surface area contributed by atoms with Crippen LogP contribution in [0.5, 0.6) is 0 Å². The van der Waals surface area contributed by atoms with Gasteiger partial charge in [-0.3, -0.25) is 4.79 Å². The van der Waals surface area contributed by atoms with Crippen LogP contribution in [0.4, 0.5) is 0 Å². The van der Waals surface area contributed by atoms with Gasteiger partial charge in [-0.05, 0) is 43.5 Å². The number of nitrogens with zero attached hydrogens (tertiary/aromatic N) is 2. The lowest BCUT2D eigenvalue weighted by atomic mass is 9.96. The molecule has 1 amide bonds. The van der Waals surface area contributed by atoms with Crippen LogP contribution in [-0.2, 0) is 0 Å². The second kappa shape index (κ2) is 4.59. The van der Waals surface area contributed by atoms with Gasteiger partial charge in [-0.1, -0.05) is 0 Å². The Kier molecular flexibility index (Phi) is 2.73.